The number of ether oxygens (including phenoxy) is 4. The largest absolute Gasteiger partial charge is 0.495 e. The van der Waals surface area contributed by atoms with E-state index in [1.54, 1.807) is 33.5 Å². The first-order valence-electron chi connectivity index (χ1n) is 9.09. The minimum absolute atomic E-state index is 0.121. The number of aliphatic carboxylic acids is 1. The van der Waals surface area contributed by atoms with Gasteiger partial charge in [0.1, 0.15) is 5.75 Å². The van der Waals surface area contributed by atoms with Crippen molar-refractivity contribution in [1.82, 2.24) is 0 Å². The molecule has 0 heterocycles. The van der Waals surface area contributed by atoms with Crippen LogP contribution in [0.3, 0.4) is 0 Å². The highest BCUT2D eigenvalue weighted by Gasteiger charge is 2.13. The van der Waals surface area contributed by atoms with E-state index in [0.29, 0.717) is 28.7 Å². The average Bonchev–Trinajstić information content (AvgIpc) is 2.75. The SMILES string of the molecule is COc1ccc(/C=C\c2cc(OC)c(OC)c(OC)c2)cc1NC(=O)CCC(=O)O. The van der Waals surface area contributed by atoms with Crippen LogP contribution in [-0.2, 0) is 9.59 Å². The highest BCUT2D eigenvalue weighted by molar-refractivity contribution is 5.94. The molecular formula is C22H25NO7. The zero-order chi connectivity index (χ0) is 22.1. The number of carbonyl (C=O) groups is 2. The molecular weight excluding hydrogens is 390 g/mol. The van der Waals surface area contributed by atoms with E-state index >= 15 is 0 Å². The molecule has 8 nitrogen and oxygen atoms in total. The lowest BCUT2D eigenvalue weighted by Crippen LogP contribution is -2.13. The van der Waals surface area contributed by atoms with Crippen LogP contribution in [0.15, 0.2) is 30.3 Å². The van der Waals surface area contributed by atoms with Crippen LogP contribution in [0.5, 0.6) is 23.0 Å². The van der Waals surface area contributed by atoms with Gasteiger partial charge in [-0.3, -0.25) is 9.59 Å². The summed E-state index contributed by atoms with van der Waals surface area (Å²) in [5, 5.41) is 11.4. The van der Waals surface area contributed by atoms with E-state index in [0.717, 1.165) is 11.1 Å². The van der Waals surface area contributed by atoms with Gasteiger partial charge in [0.15, 0.2) is 11.5 Å². The maximum absolute atomic E-state index is 12.0. The number of hydrogen-bond acceptors (Lipinski definition) is 6. The monoisotopic (exact) mass is 415 g/mol. The van der Waals surface area contributed by atoms with Gasteiger partial charge in [0.2, 0.25) is 11.7 Å². The van der Waals surface area contributed by atoms with Crippen molar-refractivity contribution in [2.75, 3.05) is 33.8 Å². The maximum Gasteiger partial charge on any atom is 0.303 e. The zero-order valence-electron chi connectivity index (χ0n) is 17.4. The Morgan fingerprint density at radius 1 is 0.833 bits per heavy atom. The Hall–Kier alpha value is -3.68. The molecule has 8 heteroatoms. The molecule has 0 aliphatic carbocycles. The quantitative estimate of drug-likeness (QED) is 0.570. The molecule has 2 aromatic rings. The number of nitrogens with one attached hydrogen (secondary N) is 1. The fraction of sp³-hybridized carbons (Fsp3) is 0.273. The molecule has 0 fully saturated rings. The highest BCUT2D eigenvalue weighted by atomic mass is 16.5. The third-order valence-electron chi connectivity index (χ3n) is 4.22. The van der Waals surface area contributed by atoms with Crippen LogP contribution in [0.2, 0.25) is 0 Å². The van der Waals surface area contributed by atoms with Gasteiger partial charge in [-0.1, -0.05) is 18.2 Å². The van der Waals surface area contributed by atoms with E-state index in [-0.39, 0.29) is 12.8 Å². The van der Waals surface area contributed by atoms with Crippen molar-refractivity contribution in [3.8, 4) is 23.0 Å². The van der Waals surface area contributed by atoms with E-state index in [4.69, 9.17) is 24.1 Å². The van der Waals surface area contributed by atoms with Crippen LogP contribution in [0.4, 0.5) is 5.69 Å². The third kappa shape index (κ3) is 5.91. The predicted molar refractivity (Wildman–Crippen MR) is 114 cm³/mol. The summed E-state index contributed by atoms with van der Waals surface area (Å²) in [4.78, 5) is 22.6. The van der Waals surface area contributed by atoms with Crippen LogP contribution in [0.25, 0.3) is 12.2 Å². The number of methoxy groups -OCH3 is 4. The number of anilines is 1. The van der Waals surface area contributed by atoms with Crippen LogP contribution in [0.1, 0.15) is 24.0 Å². The molecule has 2 N–H and O–H groups in total. The molecule has 2 rings (SSSR count). The minimum atomic E-state index is -1.03. The Balaban J connectivity index is 2.27. The number of carboxylic acids is 1. The molecule has 0 saturated heterocycles. The van der Waals surface area contributed by atoms with Gasteiger partial charge in [-0.2, -0.15) is 0 Å². The molecule has 0 aromatic heterocycles. The number of benzene rings is 2. The highest BCUT2D eigenvalue weighted by Crippen LogP contribution is 2.38. The maximum atomic E-state index is 12.0. The van der Waals surface area contributed by atoms with Gasteiger partial charge in [-0.25, -0.2) is 0 Å². The standard InChI is InChI=1S/C22H25NO7/c1-27-17-8-7-14(11-16(17)23-20(24)9-10-21(25)26)5-6-15-12-18(28-2)22(30-4)19(13-15)29-3/h5-8,11-13H,9-10H2,1-4H3,(H,23,24)(H,25,26)/b6-5-. The van der Waals surface area contributed by atoms with Gasteiger partial charge in [-0.05, 0) is 35.4 Å². The number of amides is 1. The Morgan fingerprint density at radius 2 is 1.43 bits per heavy atom. The predicted octanol–water partition coefficient (Wildman–Crippen LogP) is 3.69. The van der Waals surface area contributed by atoms with Crippen LogP contribution >= 0.6 is 0 Å². The first kappa shape index (κ1) is 22.6. The smallest absolute Gasteiger partial charge is 0.303 e. The summed E-state index contributed by atoms with van der Waals surface area (Å²) in [6.07, 6.45) is 3.36. The molecule has 0 spiro atoms. The van der Waals surface area contributed by atoms with Crippen molar-refractivity contribution in [1.29, 1.82) is 0 Å². The Labute approximate surface area is 175 Å². The van der Waals surface area contributed by atoms with E-state index in [1.165, 1.54) is 7.11 Å². The summed E-state index contributed by atoms with van der Waals surface area (Å²) in [6, 6.07) is 8.93. The molecule has 0 saturated carbocycles. The molecule has 0 bridgehead atoms. The van der Waals surface area contributed by atoms with Crippen LogP contribution in [-0.4, -0.2) is 45.4 Å². The number of rotatable bonds is 10. The molecule has 160 valence electrons. The van der Waals surface area contributed by atoms with Gasteiger partial charge in [-0.15, -0.1) is 0 Å². The lowest BCUT2D eigenvalue weighted by molar-refractivity contribution is -0.138. The number of carboxylic acid groups (broad SMARTS) is 1. The Bertz CT molecular complexity index is 912. The van der Waals surface area contributed by atoms with E-state index in [2.05, 4.69) is 5.32 Å². The molecule has 0 atom stereocenters. The molecule has 0 aliphatic rings. The second-order valence-electron chi connectivity index (χ2n) is 6.19. The van der Waals surface area contributed by atoms with Crippen molar-refractivity contribution in [2.24, 2.45) is 0 Å². The summed E-state index contributed by atoms with van der Waals surface area (Å²) >= 11 is 0. The van der Waals surface area contributed by atoms with Crippen molar-refractivity contribution in [3.63, 3.8) is 0 Å². The Kier molecular flexibility index (Phi) is 8.10. The summed E-state index contributed by atoms with van der Waals surface area (Å²) < 4.78 is 21.3. The first-order valence-corrected chi connectivity index (χ1v) is 9.09. The molecule has 2 aromatic carbocycles. The summed E-state index contributed by atoms with van der Waals surface area (Å²) in [6.45, 7) is 0. The van der Waals surface area contributed by atoms with Gasteiger partial charge < -0.3 is 29.4 Å². The normalized spacial score (nSPS) is 10.5. The minimum Gasteiger partial charge on any atom is -0.495 e. The first-order chi connectivity index (χ1) is 14.4. The van der Waals surface area contributed by atoms with Crippen molar-refractivity contribution >= 4 is 29.7 Å². The van der Waals surface area contributed by atoms with Crippen molar-refractivity contribution in [3.05, 3.63) is 41.5 Å². The Morgan fingerprint density at radius 3 is 1.97 bits per heavy atom. The third-order valence-corrected chi connectivity index (χ3v) is 4.22. The number of hydrogen-bond donors (Lipinski definition) is 2. The molecule has 30 heavy (non-hydrogen) atoms. The summed E-state index contributed by atoms with van der Waals surface area (Å²) in [7, 11) is 6.13. The van der Waals surface area contributed by atoms with Crippen LogP contribution in [0, 0.1) is 0 Å². The summed E-state index contributed by atoms with van der Waals surface area (Å²) in [5.41, 5.74) is 2.09. The fourth-order valence-corrected chi connectivity index (χ4v) is 2.75. The van der Waals surface area contributed by atoms with E-state index in [1.807, 2.05) is 30.4 Å². The van der Waals surface area contributed by atoms with E-state index in [9.17, 15) is 9.59 Å². The van der Waals surface area contributed by atoms with Gasteiger partial charge >= 0.3 is 5.97 Å². The fourth-order valence-electron chi connectivity index (χ4n) is 2.75. The second-order valence-corrected chi connectivity index (χ2v) is 6.19. The molecule has 0 radical (unpaired) electrons. The average molecular weight is 415 g/mol. The topological polar surface area (TPSA) is 103 Å². The lowest BCUT2D eigenvalue weighted by Gasteiger charge is -2.13. The van der Waals surface area contributed by atoms with Crippen molar-refractivity contribution in [2.45, 2.75) is 12.8 Å². The van der Waals surface area contributed by atoms with Crippen molar-refractivity contribution < 1.29 is 33.6 Å². The zero-order valence-corrected chi connectivity index (χ0v) is 17.4. The summed E-state index contributed by atoms with van der Waals surface area (Å²) in [5.74, 6) is 0.632. The molecule has 1 amide bonds. The molecule has 0 aliphatic heterocycles. The van der Waals surface area contributed by atoms with Gasteiger partial charge in [0, 0.05) is 6.42 Å². The number of carbonyl (C=O) groups excluding carboxylic acids is 1. The van der Waals surface area contributed by atoms with Gasteiger partial charge in [0.25, 0.3) is 0 Å². The van der Waals surface area contributed by atoms with Gasteiger partial charge in [0.05, 0.1) is 40.5 Å². The van der Waals surface area contributed by atoms with Crippen LogP contribution < -0.4 is 24.3 Å². The second kappa shape index (κ2) is 10.8. The molecule has 0 unspecified atom stereocenters. The van der Waals surface area contributed by atoms with E-state index < -0.39 is 11.9 Å². The lowest BCUT2D eigenvalue weighted by atomic mass is 10.1.